The van der Waals surface area contributed by atoms with Crippen molar-refractivity contribution >= 4 is 17.3 Å². The molecule has 1 unspecified atom stereocenters. The van der Waals surface area contributed by atoms with Gasteiger partial charge in [-0.2, -0.15) is 0 Å². The predicted octanol–water partition coefficient (Wildman–Crippen LogP) is 0.655. The lowest BCUT2D eigenvalue weighted by Gasteiger charge is -2.11. The minimum Gasteiger partial charge on any atom is -0.740 e. The minimum absolute atomic E-state index is 0.00323. The highest BCUT2D eigenvalue weighted by atomic mass is 32.2. The van der Waals surface area contributed by atoms with Crippen molar-refractivity contribution in [1.82, 2.24) is 0 Å². The molecule has 0 saturated heterocycles. The van der Waals surface area contributed by atoms with Crippen LogP contribution < -0.4 is 8.92 Å². The quantitative estimate of drug-likeness (QED) is 0.572. The Kier molecular flexibility index (Phi) is 4.27. The lowest BCUT2D eigenvalue weighted by molar-refractivity contribution is 0.0600. The number of carbonyl (C=O) groups is 1. The van der Waals surface area contributed by atoms with Gasteiger partial charge in [0.1, 0.15) is 11.4 Å². The molecular weight excluding hydrogens is 236 g/mol. The van der Waals surface area contributed by atoms with Gasteiger partial charge in [0, 0.05) is 0 Å². The molecule has 88 valence electrons. The van der Waals surface area contributed by atoms with E-state index in [9.17, 15) is 13.6 Å². The van der Waals surface area contributed by atoms with Crippen molar-refractivity contribution in [2.24, 2.45) is 0 Å². The molecule has 0 amide bonds. The van der Waals surface area contributed by atoms with Gasteiger partial charge >= 0.3 is 5.97 Å². The summed E-state index contributed by atoms with van der Waals surface area (Å²) in [5.41, 5.74) is 0.239. The average molecular weight is 245 g/mol. The number of ether oxygens (including phenoxy) is 2. The van der Waals surface area contributed by atoms with Crippen LogP contribution in [0.25, 0.3) is 0 Å². The van der Waals surface area contributed by atoms with Gasteiger partial charge in [-0.15, -0.1) is 0 Å². The largest absolute Gasteiger partial charge is 0.740 e. The summed E-state index contributed by atoms with van der Waals surface area (Å²) >= 11 is -2.69. The van der Waals surface area contributed by atoms with Crippen molar-refractivity contribution in [2.75, 3.05) is 14.2 Å². The maximum absolute atomic E-state index is 11.2. The number of carbonyl (C=O) groups excluding carboxylic acids is 1. The maximum Gasteiger partial charge on any atom is 0.337 e. The topological polar surface area (TPSA) is 84.9 Å². The van der Waals surface area contributed by atoms with Crippen LogP contribution in [0.4, 0.5) is 0 Å². The van der Waals surface area contributed by atoms with E-state index in [-0.39, 0.29) is 17.1 Å². The molecule has 6 nitrogen and oxygen atoms in total. The average Bonchev–Trinajstić information content (AvgIpc) is 2.27. The second kappa shape index (κ2) is 5.47. The van der Waals surface area contributed by atoms with Crippen molar-refractivity contribution in [3.05, 3.63) is 23.8 Å². The summed E-state index contributed by atoms with van der Waals surface area (Å²) in [6, 6.07) is 4.01. The summed E-state index contributed by atoms with van der Waals surface area (Å²) in [6.45, 7) is 0. The summed E-state index contributed by atoms with van der Waals surface area (Å²) in [6.07, 6.45) is 0. The molecule has 0 aliphatic rings. The number of hydrogen-bond donors (Lipinski definition) is 0. The zero-order valence-electron chi connectivity index (χ0n) is 8.59. The van der Waals surface area contributed by atoms with Gasteiger partial charge in [0.05, 0.1) is 19.8 Å². The van der Waals surface area contributed by atoms with Crippen LogP contribution in [-0.2, 0) is 16.1 Å². The molecule has 0 aliphatic carbocycles. The van der Waals surface area contributed by atoms with Crippen LogP contribution in [0.5, 0.6) is 11.5 Å². The first-order valence-corrected chi connectivity index (χ1v) is 5.12. The molecule has 7 heteroatoms. The predicted molar refractivity (Wildman–Crippen MR) is 53.9 cm³/mol. The van der Waals surface area contributed by atoms with E-state index in [4.69, 9.17) is 4.74 Å². The minimum atomic E-state index is -2.69. The molecule has 16 heavy (non-hydrogen) atoms. The lowest BCUT2D eigenvalue weighted by atomic mass is 10.2. The zero-order valence-corrected chi connectivity index (χ0v) is 9.41. The summed E-state index contributed by atoms with van der Waals surface area (Å²) in [5, 5.41) is 0. The molecule has 0 fully saturated rings. The van der Waals surface area contributed by atoms with Gasteiger partial charge in [-0.1, -0.05) is 0 Å². The third-order valence-electron chi connectivity index (χ3n) is 1.74. The van der Waals surface area contributed by atoms with Crippen LogP contribution in [-0.4, -0.2) is 29.0 Å². The Morgan fingerprint density at radius 1 is 1.31 bits per heavy atom. The van der Waals surface area contributed by atoms with Crippen LogP contribution >= 0.6 is 0 Å². The fourth-order valence-electron chi connectivity index (χ4n) is 1.05. The van der Waals surface area contributed by atoms with E-state index in [0.29, 0.717) is 0 Å². The molecule has 0 radical (unpaired) electrons. The van der Waals surface area contributed by atoms with Gasteiger partial charge < -0.3 is 18.2 Å². The third-order valence-corrected chi connectivity index (χ3v) is 2.06. The lowest BCUT2D eigenvalue weighted by Crippen LogP contribution is -2.04. The third kappa shape index (κ3) is 2.94. The highest BCUT2D eigenvalue weighted by molar-refractivity contribution is 7.74. The molecule has 0 bridgehead atoms. The Hall–Kier alpha value is -1.60. The molecular formula is C9H9O6S-. The monoisotopic (exact) mass is 245 g/mol. The number of hydrogen-bond acceptors (Lipinski definition) is 6. The number of esters is 1. The van der Waals surface area contributed by atoms with Gasteiger partial charge in [0.15, 0.2) is 11.5 Å². The summed E-state index contributed by atoms with van der Waals surface area (Å²) in [7, 11) is 2.57. The number of rotatable bonds is 4. The van der Waals surface area contributed by atoms with Crippen molar-refractivity contribution in [1.29, 1.82) is 0 Å². The molecule has 1 aromatic rings. The van der Waals surface area contributed by atoms with Crippen LogP contribution in [0, 0.1) is 0 Å². The molecule has 0 heterocycles. The van der Waals surface area contributed by atoms with E-state index >= 15 is 0 Å². The molecule has 0 aromatic heterocycles. The first kappa shape index (κ1) is 12.5. The zero-order chi connectivity index (χ0) is 12.1. The fraction of sp³-hybridized carbons (Fsp3) is 0.222. The molecule has 1 aromatic carbocycles. The van der Waals surface area contributed by atoms with Crippen molar-refractivity contribution < 1.29 is 27.2 Å². The number of methoxy groups -OCH3 is 2. The molecule has 0 spiro atoms. The Morgan fingerprint density at radius 3 is 2.50 bits per heavy atom. The Bertz CT molecular complexity index is 416. The van der Waals surface area contributed by atoms with Gasteiger partial charge in [-0.3, -0.25) is 0 Å². The highest BCUT2D eigenvalue weighted by Gasteiger charge is 2.11. The van der Waals surface area contributed by atoms with Gasteiger partial charge in [0.25, 0.3) is 0 Å². The first-order valence-electron chi connectivity index (χ1n) is 4.12. The standard InChI is InChI=1S/C9H10O6S/c1-13-8-5-6(9(10)14-2)3-4-7(8)15-16(11)12/h3-5H,1-2H3,(H,11,12)/p-1. The van der Waals surface area contributed by atoms with Crippen molar-refractivity contribution in [3.8, 4) is 11.5 Å². The van der Waals surface area contributed by atoms with E-state index in [0.717, 1.165) is 0 Å². The van der Waals surface area contributed by atoms with Crippen LogP contribution in [0.3, 0.4) is 0 Å². The van der Waals surface area contributed by atoms with E-state index < -0.39 is 17.3 Å². The summed E-state index contributed by atoms with van der Waals surface area (Å²) in [4.78, 5) is 11.2. The SMILES string of the molecule is COC(=O)c1ccc(OS(=O)[O-])c(OC)c1. The van der Waals surface area contributed by atoms with E-state index in [1.165, 1.54) is 32.4 Å². The molecule has 0 N–H and O–H groups in total. The molecule has 0 saturated carbocycles. The van der Waals surface area contributed by atoms with Crippen LogP contribution in [0.15, 0.2) is 18.2 Å². The second-order valence-electron chi connectivity index (χ2n) is 2.64. The van der Waals surface area contributed by atoms with Crippen molar-refractivity contribution in [3.63, 3.8) is 0 Å². The fourth-order valence-corrected chi connectivity index (χ4v) is 1.34. The Labute approximate surface area is 94.6 Å². The smallest absolute Gasteiger partial charge is 0.337 e. The molecule has 1 atom stereocenters. The van der Waals surface area contributed by atoms with Crippen LogP contribution in [0.2, 0.25) is 0 Å². The van der Waals surface area contributed by atoms with E-state index in [2.05, 4.69) is 8.92 Å². The van der Waals surface area contributed by atoms with Crippen LogP contribution in [0.1, 0.15) is 10.4 Å². The van der Waals surface area contributed by atoms with E-state index in [1.54, 1.807) is 0 Å². The number of benzene rings is 1. The first-order chi connectivity index (χ1) is 7.58. The summed E-state index contributed by atoms with van der Waals surface area (Å²) < 4.78 is 34.5. The second-order valence-corrected chi connectivity index (χ2v) is 3.22. The van der Waals surface area contributed by atoms with Crippen molar-refractivity contribution in [2.45, 2.75) is 0 Å². The Morgan fingerprint density at radius 2 is 2.00 bits per heavy atom. The van der Waals surface area contributed by atoms with E-state index in [1.807, 2.05) is 0 Å². The van der Waals surface area contributed by atoms with Gasteiger partial charge in [-0.05, 0) is 18.2 Å². The maximum atomic E-state index is 11.2. The molecule has 1 rings (SSSR count). The molecule has 0 aliphatic heterocycles. The van der Waals surface area contributed by atoms with Gasteiger partial charge in [0.2, 0.25) is 0 Å². The summed E-state index contributed by atoms with van der Waals surface area (Å²) in [5.74, 6) is -0.413. The van der Waals surface area contributed by atoms with Gasteiger partial charge in [-0.25, -0.2) is 9.00 Å². The Balaban J connectivity index is 3.06. The normalized spacial score (nSPS) is 11.7. The highest BCUT2D eigenvalue weighted by Crippen LogP contribution is 2.28.